The second kappa shape index (κ2) is 5.63. The number of fused-ring (bicyclic) bond motifs is 5. The van der Waals surface area contributed by atoms with E-state index in [2.05, 4.69) is 0 Å². The van der Waals surface area contributed by atoms with Gasteiger partial charge in [0.15, 0.2) is 11.6 Å². The minimum Gasteiger partial charge on any atom is -0.336 e. The van der Waals surface area contributed by atoms with Gasteiger partial charge in [-0.25, -0.2) is 0 Å². The maximum atomic E-state index is 13.1. The van der Waals surface area contributed by atoms with Crippen molar-refractivity contribution in [2.75, 3.05) is 0 Å². The van der Waals surface area contributed by atoms with Gasteiger partial charge in [0.05, 0.1) is 11.1 Å². The van der Waals surface area contributed by atoms with E-state index < -0.39 is 0 Å². The third-order valence-corrected chi connectivity index (χ3v) is 6.05. The molecular formula is C22H19NO3. The first-order valence-electron chi connectivity index (χ1n) is 9.28. The number of hydrogen-bond acceptors (Lipinski definition) is 3. The molecule has 2 atom stereocenters. The lowest BCUT2D eigenvalue weighted by atomic mass is 9.80. The number of hydrogen-bond donors (Lipinski definition) is 0. The van der Waals surface area contributed by atoms with Gasteiger partial charge >= 0.3 is 0 Å². The first-order chi connectivity index (χ1) is 12.7. The lowest BCUT2D eigenvalue weighted by Gasteiger charge is -2.26. The number of Topliss-reactive ketones (excluding diaryl/α,β-unsaturated/α-hetero) is 1. The van der Waals surface area contributed by atoms with E-state index in [1.165, 1.54) is 12.2 Å². The molecule has 1 heterocycles. The molecule has 130 valence electrons. The summed E-state index contributed by atoms with van der Waals surface area (Å²) >= 11 is 0. The summed E-state index contributed by atoms with van der Waals surface area (Å²) in [5.74, 6) is -0.194. The van der Waals surface area contributed by atoms with Gasteiger partial charge in [-0.15, -0.1) is 0 Å². The Morgan fingerprint density at radius 3 is 2.31 bits per heavy atom. The van der Waals surface area contributed by atoms with E-state index in [1.807, 2.05) is 34.9 Å². The fraction of sp³-hybridized carbons (Fsp3) is 0.318. The van der Waals surface area contributed by atoms with Gasteiger partial charge in [-0.2, -0.15) is 0 Å². The molecule has 0 amide bonds. The van der Waals surface area contributed by atoms with Crippen molar-refractivity contribution in [3.8, 4) is 0 Å². The number of rotatable bonds is 2. The van der Waals surface area contributed by atoms with Crippen molar-refractivity contribution in [1.29, 1.82) is 0 Å². The average molecular weight is 345 g/mol. The van der Waals surface area contributed by atoms with E-state index in [4.69, 9.17) is 0 Å². The van der Waals surface area contributed by atoms with Gasteiger partial charge in [0.2, 0.25) is 5.78 Å². The van der Waals surface area contributed by atoms with E-state index in [-0.39, 0.29) is 29.2 Å². The molecule has 3 aliphatic carbocycles. The summed E-state index contributed by atoms with van der Waals surface area (Å²) < 4.78 is 1.97. The van der Waals surface area contributed by atoms with Gasteiger partial charge in [-0.1, -0.05) is 43.2 Å². The number of carbonyl (C=O) groups is 3. The van der Waals surface area contributed by atoms with Crippen LogP contribution in [0.3, 0.4) is 0 Å². The van der Waals surface area contributed by atoms with Crippen LogP contribution in [0.4, 0.5) is 0 Å². The first-order valence-corrected chi connectivity index (χ1v) is 9.28. The third-order valence-electron chi connectivity index (χ3n) is 6.05. The zero-order chi connectivity index (χ0) is 17.8. The molecule has 5 rings (SSSR count). The largest absolute Gasteiger partial charge is 0.336 e. The molecule has 2 unspecified atom stereocenters. The van der Waals surface area contributed by atoms with Crippen LogP contribution in [0, 0.1) is 5.92 Å². The smallest absolute Gasteiger partial charge is 0.203 e. The standard InChI is InChI=1S/C22H19NO3/c24-16-10-11-17(25)21-18(16)19-20(14-8-4-5-9-15(14)22(19)26)23(21)12-13-6-2-1-3-7-13/h1-3,6-7,10-11,14-15H,4-5,8-9,12H2. The number of allylic oxidation sites excluding steroid dienone is 2. The zero-order valence-electron chi connectivity index (χ0n) is 14.4. The van der Waals surface area contributed by atoms with Crippen LogP contribution in [0.1, 0.15) is 74.1 Å². The fourth-order valence-corrected chi connectivity index (χ4v) is 4.97. The molecule has 2 aromatic rings. The molecule has 0 N–H and O–H groups in total. The van der Waals surface area contributed by atoms with Gasteiger partial charge in [-0.05, 0) is 30.6 Å². The van der Waals surface area contributed by atoms with Gasteiger partial charge in [0.25, 0.3) is 0 Å². The molecular weight excluding hydrogens is 326 g/mol. The Morgan fingerprint density at radius 1 is 0.846 bits per heavy atom. The Hall–Kier alpha value is -2.75. The van der Waals surface area contributed by atoms with Crippen LogP contribution in [0.25, 0.3) is 0 Å². The lowest BCUT2D eigenvalue weighted by Crippen LogP contribution is -2.24. The Labute approximate surface area is 151 Å². The molecule has 0 spiro atoms. The molecule has 0 radical (unpaired) electrons. The van der Waals surface area contributed by atoms with Crippen molar-refractivity contribution in [2.24, 2.45) is 5.92 Å². The molecule has 3 aliphatic rings. The van der Waals surface area contributed by atoms with Gasteiger partial charge < -0.3 is 4.57 Å². The predicted octanol–water partition coefficient (Wildman–Crippen LogP) is 3.94. The van der Waals surface area contributed by atoms with Gasteiger partial charge in [-0.3, -0.25) is 14.4 Å². The van der Waals surface area contributed by atoms with E-state index >= 15 is 0 Å². The molecule has 4 nitrogen and oxygen atoms in total. The number of nitrogens with zero attached hydrogens (tertiary/aromatic N) is 1. The fourth-order valence-electron chi connectivity index (χ4n) is 4.97. The van der Waals surface area contributed by atoms with Crippen LogP contribution in [0.15, 0.2) is 42.5 Å². The van der Waals surface area contributed by atoms with Crippen LogP contribution in [0.5, 0.6) is 0 Å². The predicted molar refractivity (Wildman–Crippen MR) is 96.8 cm³/mol. The summed E-state index contributed by atoms with van der Waals surface area (Å²) in [4.78, 5) is 38.4. The molecule has 0 saturated heterocycles. The van der Waals surface area contributed by atoms with Crippen LogP contribution in [-0.4, -0.2) is 21.9 Å². The summed E-state index contributed by atoms with van der Waals surface area (Å²) in [6.45, 7) is 0.516. The van der Waals surface area contributed by atoms with Crippen molar-refractivity contribution < 1.29 is 14.4 Å². The molecule has 1 saturated carbocycles. The molecule has 1 fully saturated rings. The Morgan fingerprint density at radius 2 is 1.54 bits per heavy atom. The molecule has 1 aromatic heterocycles. The summed E-state index contributed by atoms with van der Waals surface area (Å²) in [6.07, 6.45) is 6.64. The monoisotopic (exact) mass is 345 g/mol. The number of ketones is 3. The van der Waals surface area contributed by atoms with E-state index in [0.29, 0.717) is 23.4 Å². The van der Waals surface area contributed by atoms with Crippen molar-refractivity contribution >= 4 is 17.3 Å². The highest BCUT2D eigenvalue weighted by Gasteiger charge is 2.48. The highest BCUT2D eigenvalue weighted by atomic mass is 16.1. The number of aromatic nitrogens is 1. The number of carbonyl (C=O) groups excluding carboxylic acids is 3. The zero-order valence-corrected chi connectivity index (χ0v) is 14.4. The van der Waals surface area contributed by atoms with Crippen molar-refractivity contribution in [3.05, 3.63) is 70.6 Å². The second-order valence-corrected chi connectivity index (χ2v) is 7.48. The Kier molecular flexibility index (Phi) is 3.36. The Balaban J connectivity index is 1.76. The number of benzene rings is 1. The molecule has 4 heteroatoms. The summed E-state index contributed by atoms with van der Waals surface area (Å²) in [6, 6.07) is 9.91. The van der Waals surface area contributed by atoms with Crippen LogP contribution < -0.4 is 0 Å². The molecule has 0 aliphatic heterocycles. The van der Waals surface area contributed by atoms with Crippen molar-refractivity contribution in [1.82, 2.24) is 4.57 Å². The minimum atomic E-state index is -0.213. The third kappa shape index (κ3) is 2.05. The average Bonchev–Trinajstić information content (AvgIpc) is 3.15. The quantitative estimate of drug-likeness (QED) is 0.828. The summed E-state index contributed by atoms with van der Waals surface area (Å²) in [7, 11) is 0. The summed E-state index contributed by atoms with van der Waals surface area (Å²) in [5, 5.41) is 0. The van der Waals surface area contributed by atoms with E-state index in [9.17, 15) is 14.4 Å². The first kappa shape index (κ1) is 15.5. The highest BCUT2D eigenvalue weighted by Crippen LogP contribution is 2.50. The van der Waals surface area contributed by atoms with Crippen LogP contribution >= 0.6 is 0 Å². The van der Waals surface area contributed by atoms with Gasteiger partial charge in [0, 0.05) is 24.1 Å². The minimum absolute atomic E-state index is 0.0186. The Bertz CT molecular complexity index is 981. The van der Waals surface area contributed by atoms with Crippen LogP contribution in [0.2, 0.25) is 0 Å². The van der Waals surface area contributed by atoms with E-state index in [0.717, 1.165) is 36.9 Å². The van der Waals surface area contributed by atoms with Crippen LogP contribution in [-0.2, 0) is 6.54 Å². The maximum Gasteiger partial charge on any atom is 0.203 e. The topological polar surface area (TPSA) is 56.1 Å². The van der Waals surface area contributed by atoms with Crippen molar-refractivity contribution in [2.45, 2.75) is 38.1 Å². The normalized spacial score (nSPS) is 23.8. The highest BCUT2D eigenvalue weighted by molar-refractivity contribution is 6.26. The molecule has 26 heavy (non-hydrogen) atoms. The second-order valence-electron chi connectivity index (χ2n) is 7.48. The lowest BCUT2D eigenvalue weighted by molar-refractivity contribution is 0.0889. The summed E-state index contributed by atoms with van der Waals surface area (Å²) in [5.41, 5.74) is 3.29. The molecule has 1 aromatic carbocycles. The van der Waals surface area contributed by atoms with E-state index in [1.54, 1.807) is 0 Å². The maximum absolute atomic E-state index is 13.1. The SMILES string of the molecule is O=C1C=CC(=O)c2c1c1c(n2Cc2ccccc2)C2CCCCC2C1=O. The van der Waals surface area contributed by atoms with Crippen molar-refractivity contribution in [3.63, 3.8) is 0 Å². The molecule has 0 bridgehead atoms. The van der Waals surface area contributed by atoms with Gasteiger partial charge in [0.1, 0.15) is 5.69 Å².